The Morgan fingerprint density at radius 2 is 2.07 bits per heavy atom. The lowest BCUT2D eigenvalue weighted by Gasteiger charge is -1.94. The van der Waals surface area contributed by atoms with Gasteiger partial charge in [-0.05, 0) is 12.1 Å². The third-order valence-electron chi connectivity index (χ3n) is 1.28. The second-order valence-electron chi connectivity index (χ2n) is 2.51. The van der Waals surface area contributed by atoms with Crippen molar-refractivity contribution in [1.29, 1.82) is 0 Å². The third-order valence-corrected chi connectivity index (χ3v) is 1.28. The van der Waals surface area contributed by atoms with Gasteiger partial charge in [-0.3, -0.25) is 0 Å². The van der Waals surface area contributed by atoms with Crippen LogP contribution >= 0.6 is 0 Å². The monoisotopic (exact) mass is 196 g/mol. The molecule has 5 N–H and O–H groups in total. The summed E-state index contributed by atoms with van der Waals surface area (Å²) >= 11 is 0. The molecule has 1 aromatic carbocycles. The lowest BCUT2D eigenvalue weighted by Crippen LogP contribution is -2.21. The van der Waals surface area contributed by atoms with Gasteiger partial charge in [0.2, 0.25) is 5.96 Å². The highest BCUT2D eigenvalue weighted by molar-refractivity contribution is 5.82. The van der Waals surface area contributed by atoms with Crippen LogP contribution in [0, 0.1) is 5.82 Å². The zero-order valence-corrected chi connectivity index (χ0v) is 7.18. The van der Waals surface area contributed by atoms with Crippen molar-refractivity contribution in [2.45, 2.75) is 0 Å². The van der Waals surface area contributed by atoms with Crippen LogP contribution in [0.4, 0.5) is 4.39 Å². The lowest BCUT2D eigenvalue weighted by molar-refractivity contribution is 0.469. The molecule has 0 amide bonds. The summed E-state index contributed by atoms with van der Waals surface area (Å²) in [4.78, 5) is 0. The van der Waals surface area contributed by atoms with Crippen LogP contribution in [0.25, 0.3) is 0 Å². The molecular formula is C8H9FN4O. The number of rotatable bonds is 2. The number of aromatic hydroxyl groups is 1. The fourth-order valence-corrected chi connectivity index (χ4v) is 0.833. The molecule has 0 bridgehead atoms. The van der Waals surface area contributed by atoms with E-state index in [4.69, 9.17) is 16.6 Å². The average molecular weight is 196 g/mol. The molecule has 0 aromatic heterocycles. The summed E-state index contributed by atoms with van der Waals surface area (Å²) in [6, 6.07) is 3.50. The first-order chi connectivity index (χ1) is 6.58. The van der Waals surface area contributed by atoms with E-state index in [2.05, 4.69) is 10.2 Å². The first-order valence-electron chi connectivity index (χ1n) is 3.69. The standard InChI is InChI=1S/C8H9FN4O/c9-6-1-5(2-7(14)3-6)4-12-13-8(10)11/h1-4,14H,(H4,10,11,13)/b12-4+. The van der Waals surface area contributed by atoms with E-state index < -0.39 is 5.82 Å². The van der Waals surface area contributed by atoms with Crippen LogP contribution in [0.15, 0.2) is 28.4 Å². The zero-order chi connectivity index (χ0) is 10.6. The van der Waals surface area contributed by atoms with Gasteiger partial charge >= 0.3 is 0 Å². The molecule has 5 nitrogen and oxygen atoms in total. The van der Waals surface area contributed by atoms with E-state index in [0.717, 1.165) is 6.07 Å². The Balaban J connectivity index is 2.87. The second-order valence-corrected chi connectivity index (χ2v) is 2.51. The normalized spacial score (nSPS) is 10.4. The molecule has 1 rings (SSSR count). The number of hydrogen-bond acceptors (Lipinski definition) is 3. The highest BCUT2D eigenvalue weighted by atomic mass is 19.1. The highest BCUT2D eigenvalue weighted by Crippen LogP contribution is 2.12. The van der Waals surface area contributed by atoms with E-state index in [-0.39, 0.29) is 11.7 Å². The van der Waals surface area contributed by atoms with Crippen molar-refractivity contribution in [3.63, 3.8) is 0 Å². The van der Waals surface area contributed by atoms with E-state index in [1.165, 1.54) is 18.3 Å². The summed E-state index contributed by atoms with van der Waals surface area (Å²) in [5, 5.41) is 15.8. The molecule has 0 radical (unpaired) electrons. The summed E-state index contributed by atoms with van der Waals surface area (Å²) < 4.78 is 12.7. The minimum absolute atomic E-state index is 0.184. The van der Waals surface area contributed by atoms with Crippen LogP contribution < -0.4 is 11.5 Å². The molecule has 0 fully saturated rings. The first-order valence-corrected chi connectivity index (χ1v) is 3.69. The van der Waals surface area contributed by atoms with Crippen LogP contribution in [-0.2, 0) is 0 Å². The first kappa shape index (κ1) is 9.97. The number of hydrogen-bond donors (Lipinski definition) is 3. The molecular weight excluding hydrogens is 187 g/mol. The largest absolute Gasteiger partial charge is 0.508 e. The van der Waals surface area contributed by atoms with Crippen molar-refractivity contribution >= 4 is 12.2 Å². The van der Waals surface area contributed by atoms with Gasteiger partial charge in [0.05, 0.1) is 6.21 Å². The van der Waals surface area contributed by atoms with Gasteiger partial charge in [-0.15, -0.1) is 5.10 Å². The maximum atomic E-state index is 12.7. The number of benzene rings is 1. The summed E-state index contributed by atoms with van der Waals surface area (Å²) in [5.41, 5.74) is 10.4. The van der Waals surface area contributed by atoms with Crippen molar-refractivity contribution in [2.24, 2.45) is 21.7 Å². The molecule has 0 saturated heterocycles. The summed E-state index contributed by atoms with van der Waals surface area (Å²) in [7, 11) is 0. The van der Waals surface area contributed by atoms with Crippen LogP contribution in [0.2, 0.25) is 0 Å². The Morgan fingerprint density at radius 1 is 1.36 bits per heavy atom. The number of nitrogens with two attached hydrogens (primary N) is 2. The molecule has 0 aliphatic carbocycles. The summed E-state index contributed by atoms with van der Waals surface area (Å²) in [6.45, 7) is 0. The van der Waals surface area contributed by atoms with Gasteiger partial charge in [-0.2, -0.15) is 5.10 Å². The van der Waals surface area contributed by atoms with Gasteiger partial charge in [0.25, 0.3) is 0 Å². The Hall–Kier alpha value is -2.11. The van der Waals surface area contributed by atoms with E-state index >= 15 is 0 Å². The number of phenolic OH excluding ortho intramolecular Hbond substituents is 1. The van der Waals surface area contributed by atoms with Crippen LogP contribution in [0.5, 0.6) is 5.75 Å². The molecule has 0 spiro atoms. The number of halogens is 1. The number of nitrogens with zero attached hydrogens (tertiary/aromatic N) is 2. The Morgan fingerprint density at radius 3 is 2.64 bits per heavy atom. The average Bonchev–Trinajstić information content (AvgIpc) is 2.01. The fourth-order valence-electron chi connectivity index (χ4n) is 0.833. The van der Waals surface area contributed by atoms with Crippen LogP contribution in [0.1, 0.15) is 5.56 Å². The van der Waals surface area contributed by atoms with Gasteiger partial charge in [0, 0.05) is 11.6 Å². The topological polar surface area (TPSA) is 97.0 Å². The highest BCUT2D eigenvalue weighted by Gasteiger charge is 1.96. The molecule has 74 valence electrons. The molecule has 1 aromatic rings. The zero-order valence-electron chi connectivity index (χ0n) is 7.18. The quantitative estimate of drug-likeness (QED) is 0.356. The molecule has 0 heterocycles. The van der Waals surface area contributed by atoms with Gasteiger partial charge in [-0.1, -0.05) is 0 Å². The van der Waals surface area contributed by atoms with Gasteiger partial charge in [-0.25, -0.2) is 4.39 Å². The summed E-state index contributed by atoms with van der Waals surface area (Å²) in [6.07, 6.45) is 1.22. The van der Waals surface area contributed by atoms with Crippen LogP contribution in [0.3, 0.4) is 0 Å². The van der Waals surface area contributed by atoms with Crippen molar-refractivity contribution in [3.05, 3.63) is 29.6 Å². The van der Waals surface area contributed by atoms with Crippen molar-refractivity contribution in [1.82, 2.24) is 0 Å². The molecule has 0 aliphatic heterocycles. The maximum Gasteiger partial charge on any atom is 0.211 e. The lowest BCUT2D eigenvalue weighted by atomic mass is 10.2. The molecule has 0 aliphatic rings. The molecule has 0 unspecified atom stereocenters. The van der Waals surface area contributed by atoms with Crippen molar-refractivity contribution in [2.75, 3.05) is 0 Å². The van der Waals surface area contributed by atoms with Gasteiger partial charge in [0.1, 0.15) is 11.6 Å². The van der Waals surface area contributed by atoms with E-state index in [1.54, 1.807) is 0 Å². The predicted molar refractivity (Wildman–Crippen MR) is 51.5 cm³/mol. The second kappa shape index (κ2) is 4.22. The third kappa shape index (κ3) is 3.10. The summed E-state index contributed by atoms with van der Waals surface area (Å²) in [5.74, 6) is -0.936. The van der Waals surface area contributed by atoms with Gasteiger partial charge < -0.3 is 16.6 Å². The van der Waals surface area contributed by atoms with Crippen molar-refractivity contribution < 1.29 is 9.50 Å². The molecule has 14 heavy (non-hydrogen) atoms. The minimum Gasteiger partial charge on any atom is -0.508 e. The smallest absolute Gasteiger partial charge is 0.211 e. The molecule has 6 heteroatoms. The van der Waals surface area contributed by atoms with Crippen LogP contribution in [-0.4, -0.2) is 17.3 Å². The molecule has 0 saturated carbocycles. The molecule has 0 atom stereocenters. The van der Waals surface area contributed by atoms with E-state index in [0.29, 0.717) is 5.56 Å². The fraction of sp³-hybridized carbons (Fsp3) is 0. The minimum atomic E-state index is -0.559. The van der Waals surface area contributed by atoms with Gasteiger partial charge in [0.15, 0.2) is 0 Å². The Kier molecular flexibility index (Phi) is 3.01. The number of guanidine groups is 1. The SMILES string of the molecule is NC(N)=N/N=C/c1cc(O)cc(F)c1. The van der Waals surface area contributed by atoms with E-state index in [1.807, 2.05) is 0 Å². The Bertz CT molecular complexity index is 365. The predicted octanol–water partition coefficient (Wildman–Crippen LogP) is 0.139. The Labute approximate surface area is 79.6 Å². The maximum absolute atomic E-state index is 12.7. The van der Waals surface area contributed by atoms with E-state index in [9.17, 15) is 4.39 Å². The number of phenols is 1. The van der Waals surface area contributed by atoms with Crippen molar-refractivity contribution in [3.8, 4) is 5.75 Å².